The van der Waals surface area contributed by atoms with Crippen LogP contribution in [0.25, 0.3) is 0 Å². The van der Waals surface area contributed by atoms with Crippen LogP contribution < -0.4 is 20.4 Å². The molecule has 44 heavy (non-hydrogen) atoms. The number of hydrogen-bond donors (Lipinski definition) is 2. The van der Waals surface area contributed by atoms with Crippen molar-refractivity contribution in [3.8, 4) is 0 Å². The van der Waals surface area contributed by atoms with E-state index in [1.807, 2.05) is 29.2 Å². The zero-order valence-electron chi connectivity index (χ0n) is 23.3. The third-order valence-corrected chi connectivity index (χ3v) is 7.50. The number of carbonyl (C=O) groups is 2. The molecule has 3 amide bonds. The van der Waals surface area contributed by atoms with Crippen molar-refractivity contribution in [3.05, 3.63) is 95.3 Å². The fourth-order valence-corrected chi connectivity index (χ4v) is 5.18. The van der Waals surface area contributed by atoms with E-state index in [-0.39, 0.29) is 17.4 Å². The number of para-hydroxylation sites is 1. The Morgan fingerprint density at radius 2 is 1.57 bits per heavy atom. The number of anilines is 4. The van der Waals surface area contributed by atoms with E-state index in [1.54, 1.807) is 21.9 Å². The lowest BCUT2D eigenvalue weighted by atomic mass is 10.0. The molecular weight excluding hydrogens is 582 g/mol. The summed E-state index contributed by atoms with van der Waals surface area (Å²) < 4.78 is 60.8. The van der Waals surface area contributed by atoms with Gasteiger partial charge in [0.1, 0.15) is 11.6 Å². The number of rotatable bonds is 5. The fourth-order valence-electron chi connectivity index (χ4n) is 5.18. The maximum atomic E-state index is 13.9. The number of pyridine rings is 1. The standard InChI is InChI=1S/C30H27F4N7O3/c31-22-7-3-4-8-23(22)37-28(43)40-15-13-39(14-16-40)24-10-9-21(17-35-24)36-27(42)25-26(30(32,33)34)38-29(44-25)41-12-11-19-5-1-2-6-20(19)18-41/h1-10,17H,11-16,18H2,(H,36,42)(H,37,43). The number of halogens is 4. The minimum Gasteiger partial charge on any atom is -0.417 e. The summed E-state index contributed by atoms with van der Waals surface area (Å²) >= 11 is 0. The molecule has 0 spiro atoms. The van der Waals surface area contributed by atoms with Gasteiger partial charge in [-0.05, 0) is 41.8 Å². The van der Waals surface area contributed by atoms with Crippen molar-refractivity contribution >= 4 is 35.1 Å². The van der Waals surface area contributed by atoms with E-state index in [2.05, 4.69) is 20.6 Å². The summed E-state index contributed by atoms with van der Waals surface area (Å²) in [6.45, 7) is 2.31. The van der Waals surface area contributed by atoms with Gasteiger partial charge in [0.2, 0.25) is 5.76 Å². The van der Waals surface area contributed by atoms with Crippen LogP contribution in [0, 0.1) is 5.82 Å². The maximum Gasteiger partial charge on any atom is 0.437 e. The van der Waals surface area contributed by atoms with Crippen molar-refractivity contribution in [3.63, 3.8) is 0 Å². The number of urea groups is 1. The average molecular weight is 610 g/mol. The van der Waals surface area contributed by atoms with E-state index in [1.165, 1.54) is 30.5 Å². The second-order valence-electron chi connectivity index (χ2n) is 10.4. The van der Waals surface area contributed by atoms with Crippen molar-refractivity contribution in [2.24, 2.45) is 0 Å². The maximum absolute atomic E-state index is 13.9. The zero-order chi connectivity index (χ0) is 30.8. The first-order chi connectivity index (χ1) is 21.2. The predicted molar refractivity (Wildman–Crippen MR) is 154 cm³/mol. The van der Waals surface area contributed by atoms with Crippen LogP contribution in [0.15, 0.2) is 71.3 Å². The summed E-state index contributed by atoms with van der Waals surface area (Å²) in [5.41, 5.74) is 0.924. The van der Waals surface area contributed by atoms with Gasteiger partial charge in [-0.25, -0.2) is 14.2 Å². The number of nitrogens with zero attached hydrogens (tertiary/aromatic N) is 5. The van der Waals surface area contributed by atoms with Gasteiger partial charge < -0.3 is 29.8 Å². The molecule has 1 saturated heterocycles. The predicted octanol–water partition coefficient (Wildman–Crippen LogP) is 5.40. The highest BCUT2D eigenvalue weighted by atomic mass is 19.4. The molecule has 1 fully saturated rings. The van der Waals surface area contributed by atoms with Crippen LogP contribution in [-0.4, -0.2) is 59.5 Å². The number of amides is 3. The molecule has 0 saturated carbocycles. The SMILES string of the molecule is O=C(Nc1ccc(N2CCN(C(=O)Nc3ccccc3F)CC2)nc1)c1oc(N2CCc3ccccc3C2)nc1C(F)(F)F. The highest BCUT2D eigenvalue weighted by Crippen LogP contribution is 2.35. The van der Waals surface area contributed by atoms with Crippen molar-refractivity contribution < 1.29 is 31.6 Å². The first kappa shape index (κ1) is 29.0. The summed E-state index contributed by atoms with van der Waals surface area (Å²) in [4.78, 5) is 38.5. The highest BCUT2D eigenvalue weighted by molar-refractivity contribution is 6.03. The molecule has 10 nitrogen and oxygen atoms in total. The van der Waals surface area contributed by atoms with Gasteiger partial charge in [0, 0.05) is 39.3 Å². The molecule has 0 atom stereocenters. The number of benzene rings is 2. The van der Waals surface area contributed by atoms with Crippen LogP contribution in [0.1, 0.15) is 27.4 Å². The Bertz CT molecular complexity index is 1670. The van der Waals surface area contributed by atoms with E-state index < -0.39 is 35.4 Å². The van der Waals surface area contributed by atoms with E-state index in [4.69, 9.17) is 4.42 Å². The summed E-state index contributed by atoms with van der Waals surface area (Å²) in [6, 6.07) is 16.0. The molecule has 228 valence electrons. The van der Waals surface area contributed by atoms with Gasteiger partial charge in [-0.3, -0.25) is 4.79 Å². The number of hydrogen-bond acceptors (Lipinski definition) is 7. The van der Waals surface area contributed by atoms with Crippen LogP contribution >= 0.6 is 0 Å². The lowest BCUT2D eigenvalue weighted by Gasteiger charge is -2.35. The monoisotopic (exact) mass is 609 g/mol. The lowest BCUT2D eigenvalue weighted by molar-refractivity contribution is -0.141. The average Bonchev–Trinajstić information content (AvgIpc) is 3.49. The molecule has 4 aromatic rings. The van der Waals surface area contributed by atoms with Crippen LogP contribution in [0.5, 0.6) is 0 Å². The molecule has 0 aliphatic carbocycles. The van der Waals surface area contributed by atoms with E-state index >= 15 is 0 Å². The Morgan fingerprint density at radius 1 is 0.841 bits per heavy atom. The number of fused-ring (bicyclic) bond motifs is 1. The van der Waals surface area contributed by atoms with Crippen LogP contribution in [0.3, 0.4) is 0 Å². The quantitative estimate of drug-likeness (QED) is 0.292. The summed E-state index contributed by atoms with van der Waals surface area (Å²) in [6.07, 6.45) is -2.97. The van der Waals surface area contributed by atoms with E-state index in [0.717, 1.165) is 11.1 Å². The molecule has 0 bridgehead atoms. The molecular formula is C30H27F4N7O3. The Labute approximate surface area is 249 Å². The Kier molecular flexibility index (Phi) is 7.80. The third-order valence-electron chi connectivity index (χ3n) is 7.50. The molecule has 2 aromatic heterocycles. The number of nitrogens with one attached hydrogen (secondary N) is 2. The third kappa shape index (κ3) is 6.14. The molecule has 2 aromatic carbocycles. The minimum atomic E-state index is -4.90. The van der Waals surface area contributed by atoms with Crippen molar-refractivity contribution in [1.29, 1.82) is 0 Å². The minimum absolute atomic E-state index is 0.0976. The first-order valence-electron chi connectivity index (χ1n) is 13.9. The molecule has 2 N–H and O–H groups in total. The van der Waals surface area contributed by atoms with Gasteiger partial charge >= 0.3 is 12.2 Å². The van der Waals surface area contributed by atoms with Crippen LogP contribution in [0.4, 0.5) is 45.6 Å². The largest absolute Gasteiger partial charge is 0.437 e. The van der Waals surface area contributed by atoms with Crippen molar-refractivity contribution in [1.82, 2.24) is 14.9 Å². The van der Waals surface area contributed by atoms with Gasteiger partial charge in [-0.2, -0.15) is 18.2 Å². The molecule has 14 heteroatoms. The lowest BCUT2D eigenvalue weighted by Crippen LogP contribution is -2.50. The second kappa shape index (κ2) is 11.9. The number of piperazine rings is 1. The zero-order valence-corrected chi connectivity index (χ0v) is 23.3. The van der Waals surface area contributed by atoms with Crippen LogP contribution in [0.2, 0.25) is 0 Å². The normalized spacial score (nSPS) is 15.1. The molecule has 2 aliphatic rings. The summed E-state index contributed by atoms with van der Waals surface area (Å²) in [7, 11) is 0. The van der Waals surface area contributed by atoms with Gasteiger partial charge in [0.25, 0.3) is 11.9 Å². The van der Waals surface area contributed by atoms with Crippen molar-refractivity contribution in [2.75, 3.05) is 53.2 Å². The molecule has 0 radical (unpaired) electrons. The summed E-state index contributed by atoms with van der Waals surface area (Å²) in [5.74, 6) is -2.00. The van der Waals surface area contributed by atoms with Gasteiger partial charge in [0.05, 0.1) is 17.6 Å². The smallest absolute Gasteiger partial charge is 0.417 e. The van der Waals surface area contributed by atoms with E-state index in [0.29, 0.717) is 51.5 Å². The molecule has 0 unspecified atom stereocenters. The topological polar surface area (TPSA) is 107 Å². The number of oxazole rings is 1. The first-order valence-corrected chi connectivity index (χ1v) is 13.9. The van der Waals surface area contributed by atoms with Gasteiger partial charge in [-0.1, -0.05) is 36.4 Å². The number of carbonyl (C=O) groups excluding carboxylic acids is 2. The number of aromatic nitrogens is 2. The summed E-state index contributed by atoms with van der Waals surface area (Å²) in [5, 5.41) is 4.98. The molecule has 4 heterocycles. The molecule has 6 rings (SSSR count). The fraction of sp³-hybridized carbons (Fsp3) is 0.267. The Balaban J connectivity index is 1.08. The Morgan fingerprint density at radius 3 is 2.27 bits per heavy atom. The van der Waals surface area contributed by atoms with Crippen LogP contribution in [-0.2, 0) is 19.1 Å². The number of alkyl halides is 3. The van der Waals surface area contributed by atoms with Gasteiger partial charge in [0.15, 0.2) is 5.69 Å². The Hall–Kier alpha value is -5.14. The van der Waals surface area contributed by atoms with Gasteiger partial charge in [-0.15, -0.1) is 0 Å². The highest BCUT2D eigenvalue weighted by Gasteiger charge is 2.42. The second-order valence-corrected chi connectivity index (χ2v) is 10.4. The van der Waals surface area contributed by atoms with E-state index in [9.17, 15) is 27.2 Å². The van der Waals surface area contributed by atoms with Crippen molar-refractivity contribution in [2.45, 2.75) is 19.1 Å². The molecule has 2 aliphatic heterocycles.